The molecule has 0 radical (unpaired) electrons. The molecule has 0 spiro atoms. The van der Waals surface area contributed by atoms with Gasteiger partial charge in [0, 0.05) is 0 Å². The molecule has 0 aromatic rings. The van der Waals surface area contributed by atoms with Crippen molar-refractivity contribution in [1.82, 2.24) is 0 Å². The summed E-state index contributed by atoms with van der Waals surface area (Å²) in [6.45, 7) is 7.62. The summed E-state index contributed by atoms with van der Waals surface area (Å²) in [6.07, 6.45) is 9.68. The van der Waals surface area contributed by atoms with Gasteiger partial charge in [0.1, 0.15) is 0 Å². The second kappa shape index (κ2) is 8.27. The SMILES string of the molecule is CC[C@@H]1C2C[C@H](O)CCC2(C)[C@H]2CCC3(C)[C@@H](CCCOC(N)=O)CC[C@H]3[C@H]2[C@@H]1O. The molecule has 4 N–H and O–H groups in total. The number of aliphatic hydroxyl groups is 2. The normalized spacial score (nSPS) is 50.3. The van der Waals surface area contributed by atoms with Gasteiger partial charge < -0.3 is 20.7 Å². The van der Waals surface area contributed by atoms with E-state index < -0.39 is 6.09 Å². The average Bonchev–Trinajstić information content (AvgIpc) is 3.03. The lowest BCUT2D eigenvalue weighted by molar-refractivity contribution is -0.202. The van der Waals surface area contributed by atoms with Gasteiger partial charge in [-0.15, -0.1) is 0 Å². The summed E-state index contributed by atoms with van der Waals surface area (Å²) in [5, 5.41) is 22.1. The van der Waals surface area contributed by atoms with Crippen LogP contribution in [0.3, 0.4) is 0 Å². The highest BCUT2D eigenvalue weighted by molar-refractivity contribution is 5.64. The third-order valence-electron chi connectivity index (χ3n) is 10.5. The fraction of sp³-hybridized carbons (Fsp3) is 0.960. The molecule has 0 bridgehead atoms. The molecular weight excluding hydrogens is 378 g/mol. The molecule has 4 rings (SSSR count). The summed E-state index contributed by atoms with van der Waals surface area (Å²) < 4.78 is 4.96. The number of rotatable bonds is 5. The molecule has 4 fully saturated rings. The minimum absolute atomic E-state index is 0.187. The molecular formula is C25H43NO4. The van der Waals surface area contributed by atoms with Crippen LogP contribution in [0.4, 0.5) is 4.79 Å². The highest BCUT2D eigenvalue weighted by atomic mass is 16.5. The van der Waals surface area contributed by atoms with E-state index in [1.54, 1.807) is 0 Å². The number of ether oxygens (including phenoxy) is 1. The first-order valence-corrected chi connectivity index (χ1v) is 12.5. The number of primary amides is 1. The standard InChI is InChI=1S/C25H43NO4/c1-4-17-20-14-16(27)9-11-25(20,3)19-10-12-24(2)15(6-5-13-30-23(26)29)7-8-18(24)21(19)22(17)28/h15-22,27-28H,4-14H2,1-3H3,(H2,26,29)/t15-,16+,17+,18-,19-,20?,21+,22+,24?,25?/m0/s1. The zero-order chi connectivity index (χ0) is 21.7. The molecule has 0 aromatic heterocycles. The Kier molecular flexibility index (Phi) is 6.17. The number of hydrogen-bond acceptors (Lipinski definition) is 4. The third kappa shape index (κ3) is 3.48. The van der Waals surface area contributed by atoms with Crippen molar-refractivity contribution in [2.75, 3.05) is 6.61 Å². The number of aliphatic hydroxyl groups excluding tert-OH is 2. The summed E-state index contributed by atoms with van der Waals surface area (Å²) >= 11 is 0. The molecule has 0 heterocycles. The van der Waals surface area contributed by atoms with E-state index >= 15 is 0 Å². The lowest BCUT2D eigenvalue weighted by Crippen LogP contribution is -2.62. The Morgan fingerprint density at radius 1 is 1.03 bits per heavy atom. The minimum atomic E-state index is -0.678. The molecule has 1 amide bonds. The molecule has 5 nitrogen and oxygen atoms in total. The van der Waals surface area contributed by atoms with Crippen LogP contribution in [-0.2, 0) is 4.74 Å². The van der Waals surface area contributed by atoms with Crippen LogP contribution in [0.25, 0.3) is 0 Å². The smallest absolute Gasteiger partial charge is 0.404 e. The van der Waals surface area contributed by atoms with Crippen LogP contribution in [0.15, 0.2) is 0 Å². The van der Waals surface area contributed by atoms with Gasteiger partial charge in [0.05, 0.1) is 18.8 Å². The van der Waals surface area contributed by atoms with Crippen molar-refractivity contribution in [2.45, 2.75) is 97.2 Å². The van der Waals surface area contributed by atoms with Crippen LogP contribution in [0.1, 0.15) is 85.0 Å². The van der Waals surface area contributed by atoms with Crippen LogP contribution >= 0.6 is 0 Å². The molecule has 4 aliphatic rings. The second-order valence-corrected chi connectivity index (χ2v) is 11.5. The molecule has 4 aliphatic carbocycles. The van der Waals surface area contributed by atoms with Gasteiger partial charge in [-0.2, -0.15) is 0 Å². The zero-order valence-electron chi connectivity index (χ0n) is 19.2. The average molecular weight is 422 g/mol. The Hall–Kier alpha value is -0.810. The van der Waals surface area contributed by atoms with Gasteiger partial charge in [0.15, 0.2) is 0 Å². The summed E-state index contributed by atoms with van der Waals surface area (Å²) in [4.78, 5) is 10.9. The Morgan fingerprint density at radius 3 is 2.43 bits per heavy atom. The Balaban J connectivity index is 1.54. The van der Waals surface area contributed by atoms with Gasteiger partial charge in [-0.1, -0.05) is 27.2 Å². The summed E-state index contributed by atoms with van der Waals surface area (Å²) in [6, 6.07) is 0. The van der Waals surface area contributed by atoms with E-state index in [2.05, 4.69) is 20.8 Å². The lowest BCUT2D eigenvalue weighted by atomic mass is 9.41. The first kappa shape index (κ1) is 22.4. The van der Waals surface area contributed by atoms with Gasteiger partial charge in [-0.25, -0.2) is 4.79 Å². The monoisotopic (exact) mass is 421 g/mol. The van der Waals surface area contributed by atoms with Gasteiger partial charge in [-0.05, 0) is 104 Å². The van der Waals surface area contributed by atoms with Gasteiger partial charge in [-0.3, -0.25) is 0 Å². The number of amides is 1. The van der Waals surface area contributed by atoms with Crippen molar-refractivity contribution in [3.63, 3.8) is 0 Å². The van der Waals surface area contributed by atoms with Gasteiger partial charge >= 0.3 is 6.09 Å². The highest BCUT2D eigenvalue weighted by Crippen LogP contribution is 2.69. The molecule has 4 saturated carbocycles. The minimum Gasteiger partial charge on any atom is -0.450 e. The van der Waals surface area contributed by atoms with Crippen molar-refractivity contribution in [3.05, 3.63) is 0 Å². The Labute approximate surface area is 182 Å². The van der Waals surface area contributed by atoms with Crippen LogP contribution in [-0.4, -0.2) is 35.1 Å². The van der Waals surface area contributed by atoms with Crippen LogP contribution < -0.4 is 5.73 Å². The van der Waals surface area contributed by atoms with E-state index in [4.69, 9.17) is 10.5 Å². The fourth-order valence-corrected chi connectivity index (χ4v) is 9.04. The molecule has 30 heavy (non-hydrogen) atoms. The quantitative estimate of drug-likeness (QED) is 0.570. The highest BCUT2D eigenvalue weighted by Gasteiger charge is 2.64. The Bertz CT molecular complexity index is 641. The third-order valence-corrected chi connectivity index (χ3v) is 10.5. The van der Waals surface area contributed by atoms with E-state index in [1.165, 1.54) is 25.7 Å². The Morgan fingerprint density at radius 2 is 1.73 bits per heavy atom. The first-order valence-electron chi connectivity index (χ1n) is 12.5. The van der Waals surface area contributed by atoms with E-state index in [0.717, 1.165) is 38.5 Å². The van der Waals surface area contributed by atoms with Crippen molar-refractivity contribution >= 4 is 6.09 Å². The maximum absolute atomic E-state index is 11.7. The maximum Gasteiger partial charge on any atom is 0.404 e. The number of fused-ring (bicyclic) bond motifs is 5. The zero-order valence-corrected chi connectivity index (χ0v) is 19.2. The molecule has 0 saturated heterocycles. The second-order valence-electron chi connectivity index (χ2n) is 11.5. The predicted octanol–water partition coefficient (Wildman–Crippen LogP) is 4.49. The van der Waals surface area contributed by atoms with Gasteiger partial charge in [0.2, 0.25) is 0 Å². The van der Waals surface area contributed by atoms with E-state index in [1.807, 2.05) is 0 Å². The fourth-order valence-electron chi connectivity index (χ4n) is 9.04. The molecule has 172 valence electrons. The van der Waals surface area contributed by atoms with Crippen molar-refractivity contribution < 1.29 is 19.7 Å². The molecule has 0 aromatic carbocycles. The van der Waals surface area contributed by atoms with Crippen LogP contribution in [0.2, 0.25) is 0 Å². The maximum atomic E-state index is 11.7. The molecule has 3 unspecified atom stereocenters. The number of hydrogen-bond donors (Lipinski definition) is 3. The molecule has 0 aliphatic heterocycles. The van der Waals surface area contributed by atoms with Crippen LogP contribution in [0, 0.1) is 46.3 Å². The topological polar surface area (TPSA) is 92.8 Å². The van der Waals surface area contributed by atoms with E-state index in [9.17, 15) is 15.0 Å². The van der Waals surface area contributed by atoms with E-state index in [0.29, 0.717) is 42.1 Å². The summed E-state index contributed by atoms with van der Waals surface area (Å²) in [5.74, 6) is 2.99. The van der Waals surface area contributed by atoms with Crippen molar-refractivity contribution in [3.8, 4) is 0 Å². The van der Waals surface area contributed by atoms with Crippen molar-refractivity contribution in [1.29, 1.82) is 0 Å². The summed E-state index contributed by atoms with van der Waals surface area (Å²) in [7, 11) is 0. The van der Waals surface area contributed by atoms with Crippen LogP contribution in [0.5, 0.6) is 0 Å². The molecule has 10 atom stereocenters. The predicted molar refractivity (Wildman–Crippen MR) is 117 cm³/mol. The molecule has 5 heteroatoms. The van der Waals surface area contributed by atoms with Gasteiger partial charge in [0.25, 0.3) is 0 Å². The lowest BCUT2D eigenvalue weighted by Gasteiger charge is -2.64. The number of carbonyl (C=O) groups excluding carboxylic acids is 1. The first-order chi connectivity index (χ1) is 14.2. The summed E-state index contributed by atoms with van der Waals surface area (Å²) in [5.41, 5.74) is 5.65. The number of carbonyl (C=O) groups is 1. The number of nitrogens with two attached hydrogens (primary N) is 1. The van der Waals surface area contributed by atoms with E-state index in [-0.39, 0.29) is 23.0 Å². The largest absolute Gasteiger partial charge is 0.450 e. The van der Waals surface area contributed by atoms with Crippen molar-refractivity contribution in [2.24, 2.45) is 52.1 Å².